The van der Waals surface area contributed by atoms with Crippen LogP contribution in [0.4, 0.5) is 13.2 Å². The number of aliphatic imine (C=N–C) groups is 1. The van der Waals surface area contributed by atoms with Crippen LogP contribution < -0.4 is 10.6 Å². The van der Waals surface area contributed by atoms with Gasteiger partial charge in [0.1, 0.15) is 5.01 Å². The van der Waals surface area contributed by atoms with Crippen molar-refractivity contribution in [1.82, 2.24) is 30.2 Å². The van der Waals surface area contributed by atoms with Crippen molar-refractivity contribution < 1.29 is 13.2 Å². The highest BCUT2D eigenvalue weighted by molar-refractivity contribution is 7.09. The fourth-order valence-corrected chi connectivity index (χ4v) is 2.96. The summed E-state index contributed by atoms with van der Waals surface area (Å²) in [6, 6.07) is 2.27. The number of alkyl halides is 3. The molecule has 0 aliphatic heterocycles. The van der Waals surface area contributed by atoms with Crippen molar-refractivity contribution in [2.24, 2.45) is 4.99 Å². The number of rotatable bonds is 4. The maximum Gasteiger partial charge on any atom is 0.417 e. The van der Waals surface area contributed by atoms with Gasteiger partial charge in [0, 0.05) is 24.3 Å². The Kier molecular flexibility index (Phi) is 5.07. The second-order valence-corrected chi connectivity index (χ2v) is 6.36. The minimum Gasteiger partial charge on any atom is -0.350 e. The van der Waals surface area contributed by atoms with Gasteiger partial charge in [0.2, 0.25) is 0 Å². The molecule has 138 valence electrons. The molecule has 0 amide bonds. The number of hydrogen-bond acceptors (Lipinski definition) is 5. The van der Waals surface area contributed by atoms with Gasteiger partial charge < -0.3 is 10.6 Å². The number of fused-ring (bicyclic) bond motifs is 1. The molecule has 0 aromatic carbocycles. The lowest BCUT2D eigenvalue weighted by Gasteiger charge is -2.11. The van der Waals surface area contributed by atoms with E-state index >= 15 is 0 Å². The maximum absolute atomic E-state index is 12.9. The molecule has 0 bridgehead atoms. The normalized spacial score (nSPS) is 12.6. The fraction of sp³-hybridized carbons (Fsp3) is 0.333. The summed E-state index contributed by atoms with van der Waals surface area (Å²) < 4.78 is 40.0. The Morgan fingerprint density at radius 2 is 2.00 bits per heavy atom. The molecular weight excluding hydrogens is 367 g/mol. The monoisotopic (exact) mass is 383 g/mol. The Morgan fingerprint density at radius 1 is 1.23 bits per heavy atom. The molecular formula is C15H16F3N7S. The molecule has 2 N–H and O–H groups in total. The van der Waals surface area contributed by atoms with Crippen LogP contribution in [0.1, 0.15) is 22.1 Å². The first-order chi connectivity index (χ1) is 12.4. The molecule has 0 unspecified atom stereocenters. The summed E-state index contributed by atoms with van der Waals surface area (Å²) in [6.45, 7) is 2.58. The van der Waals surface area contributed by atoms with Crippen LogP contribution in [-0.2, 0) is 19.3 Å². The Balaban J connectivity index is 1.68. The summed E-state index contributed by atoms with van der Waals surface area (Å²) in [7, 11) is 1.60. The quantitative estimate of drug-likeness (QED) is 0.534. The number of aromatic nitrogens is 4. The Bertz CT molecular complexity index is 929. The zero-order valence-electron chi connectivity index (χ0n) is 14.0. The minimum atomic E-state index is -4.42. The highest BCUT2D eigenvalue weighted by atomic mass is 32.1. The number of nitrogens with one attached hydrogen (secondary N) is 2. The summed E-state index contributed by atoms with van der Waals surface area (Å²) in [5, 5.41) is 16.8. The van der Waals surface area contributed by atoms with Crippen molar-refractivity contribution in [1.29, 1.82) is 0 Å². The zero-order valence-corrected chi connectivity index (χ0v) is 14.8. The molecule has 0 aliphatic carbocycles. The average molecular weight is 383 g/mol. The predicted octanol–water partition coefficient (Wildman–Crippen LogP) is 2.38. The van der Waals surface area contributed by atoms with E-state index in [2.05, 4.69) is 30.8 Å². The highest BCUT2D eigenvalue weighted by Gasteiger charge is 2.31. The molecule has 3 aromatic heterocycles. The number of nitrogens with zero attached hydrogens (tertiary/aromatic N) is 5. The van der Waals surface area contributed by atoms with Crippen molar-refractivity contribution in [3.63, 3.8) is 0 Å². The van der Waals surface area contributed by atoms with Crippen molar-refractivity contribution in [2.75, 3.05) is 7.05 Å². The van der Waals surface area contributed by atoms with Crippen LogP contribution in [0.3, 0.4) is 0 Å². The van der Waals surface area contributed by atoms with E-state index in [1.165, 1.54) is 21.8 Å². The summed E-state index contributed by atoms with van der Waals surface area (Å²) in [5.74, 6) is 0.834. The van der Waals surface area contributed by atoms with Crippen LogP contribution in [0.5, 0.6) is 0 Å². The molecule has 3 aromatic rings. The van der Waals surface area contributed by atoms with Crippen molar-refractivity contribution in [2.45, 2.75) is 26.2 Å². The highest BCUT2D eigenvalue weighted by Crippen LogP contribution is 2.29. The molecule has 7 nitrogen and oxygen atoms in total. The summed E-state index contributed by atoms with van der Waals surface area (Å²) in [6.07, 6.45) is -3.44. The van der Waals surface area contributed by atoms with Gasteiger partial charge in [-0.25, -0.2) is 4.98 Å². The van der Waals surface area contributed by atoms with Crippen LogP contribution in [0.2, 0.25) is 0 Å². The molecule has 3 heterocycles. The van der Waals surface area contributed by atoms with Crippen LogP contribution in [-0.4, -0.2) is 32.6 Å². The number of hydrogen-bond donors (Lipinski definition) is 2. The summed E-state index contributed by atoms with van der Waals surface area (Å²) in [5.41, 5.74) is 0.536. The van der Waals surface area contributed by atoms with Gasteiger partial charge in [0.25, 0.3) is 0 Å². The van der Waals surface area contributed by atoms with E-state index in [4.69, 9.17) is 0 Å². The Hall–Kier alpha value is -2.69. The van der Waals surface area contributed by atoms with Gasteiger partial charge in [-0.3, -0.25) is 9.39 Å². The van der Waals surface area contributed by atoms with Gasteiger partial charge in [-0.2, -0.15) is 13.2 Å². The van der Waals surface area contributed by atoms with Gasteiger partial charge in [-0.05, 0) is 19.1 Å². The van der Waals surface area contributed by atoms with Crippen LogP contribution >= 0.6 is 11.3 Å². The van der Waals surface area contributed by atoms with Gasteiger partial charge >= 0.3 is 6.18 Å². The summed E-state index contributed by atoms with van der Waals surface area (Å²) >= 11 is 1.53. The van der Waals surface area contributed by atoms with E-state index in [9.17, 15) is 13.2 Å². The Labute approximate surface area is 151 Å². The van der Waals surface area contributed by atoms with Gasteiger partial charge in [0.15, 0.2) is 17.4 Å². The van der Waals surface area contributed by atoms with E-state index in [1.54, 1.807) is 7.05 Å². The summed E-state index contributed by atoms with van der Waals surface area (Å²) in [4.78, 5) is 8.42. The first-order valence-electron chi connectivity index (χ1n) is 7.63. The molecule has 3 rings (SSSR count). The lowest BCUT2D eigenvalue weighted by atomic mass is 10.3. The first kappa shape index (κ1) is 18.1. The molecule has 11 heteroatoms. The standard InChI is InChI=1S/C15H16F3N7S/c1-9-8-26-13(22-9)6-21-14(19-2)20-5-12-24-23-11-4-3-10(7-25(11)12)15(16,17)18/h3-4,7-8H,5-6H2,1-2H3,(H2,19,20,21). The third-order valence-electron chi connectivity index (χ3n) is 3.51. The number of halogens is 3. The SMILES string of the molecule is CN=C(NCc1nc(C)cs1)NCc1nnc2ccc(C(F)(F)F)cn12. The van der Waals surface area contributed by atoms with Gasteiger partial charge in [-0.15, -0.1) is 21.5 Å². The third-order valence-corrected chi connectivity index (χ3v) is 4.48. The average Bonchev–Trinajstić information content (AvgIpc) is 3.20. The molecule has 0 aliphatic rings. The second kappa shape index (κ2) is 7.28. The van der Waals surface area contributed by atoms with Gasteiger partial charge in [-0.1, -0.05) is 0 Å². The smallest absolute Gasteiger partial charge is 0.350 e. The molecule has 0 fully saturated rings. The minimum absolute atomic E-state index is 0.166. The molecule has 0 saturated heterocycles. The van der Waals surface area contributed by atoms with Crippen LogP contribution in [0, 0.1) is 6.92 Å². The van der Waals surface area contributed by atoms with E-state index in [1.807, 2.05) is 12.3 Å². The van der Waals surface area contributed by atoms with Crippen LogP contribution in [0.25, 0.3) is 5.65 Å². The molecule has 0 saturated carbocycles. The zero-order chi connectivity index (χ0) is 18.7. The van der Waals surface area contributed by atoms with Crippen molar-refractivity contribution in [3.8, 4) is 0 Å². The van der Waals surface area contributed by atoms with Crippen molar-refractivity contribution >= 4 is 22.9 Å². The Morgan fingerprint density at radius 3 is 2.65 bits per heavy atom. The lowest BCUT2D eigenvalue weighted by molar-refractivity contribution is -0.137. The van der Waals surface area contributed by atoms with E-state index in [0.29, 0.717) is 24.0 Å². The first-order valence-corrected chi connectivity index (χ1v) is 8.51. The largest absolute Gasteiger partial charge is 0.417 e. The number of thiazole rings is 1. The lowest BCUT2D eigenvalue weighted by Crippen LogP contribution is -2.36. The molecule has 0 spiro atoms. The molecule has 0 atom stereocenters. The predicted molar refractivity (Wildman–Crippen MR) is 91.9 cm³/mol. The number of guanidine groups is 1. The third kappa shape index (κ3) is 4.10. The topological polar surface area (TPSA) is 79.5 Å². The molecule has 0 radical (unpaired) electrons. The van der Waals surface area contributed by atoms with Gasteiger partial charge in [0.05, 0.1) is 18.7 Å². The maximum atomic E-state index is 12.9. The van der Waals surface area contributed by atoms with Crippen LogP contribution in [0.15, 0.2) is 28.7 Å². The van der Waals surface area contributed by atoms with Crippen molar-refractivity contribution in [3.05, 3.63) is 45.8 Å². The van der Waals surface area contributed by atoms with E-state index < -0.39 is 11.7 Å². The fourth-order valence-electron chi connectivity index (χ4n) is 2.25. The number of aryl methyl sites for hydroxylation is 1. The molecule has 26 heavy (non-hydrogen) atoms. The van der Waals surface area contributed by atoms with E-state index in [-0.39, 0.29) is 6.54 Å². The number of pyridine rings is 1. The second-order valence-electron chi connectivity index (χ2n) is 5.42. The van der Waals surface area contributed by atoms with E-state index in [0.717, 1.165) is 23.0 Å².